The van der Waals surface area contributed by atoms with Gasteiger partial charge in [-0.05, 0) is 42.8 Å². The van der Waals surface area contributed by atoms with Gasteiger partial charge in [0.15, 0.2) is 9.84 Å². The highest BCUT2D eigenvalue weighted by Gasteiger charge is 2.15. The molecule has 3 aromatic rings. The summed E-state index contributed by atoms with van der Waals surface area (Å²) in [4.78, 5) is 24.8. The van der Waals surface area contributed by atoms with Crippen LogP contribution in [-0.4, -0.2) is 30.4 Å². The normalized spacial score (nSPS) is 12.4. The summed E-state index contributed by atoms with van der Waals surface area (Å²) < 4.78 is 24.3. The zero-order chi connectivity index (χ0) is 20.3. The highest BCUT2D eigenvalue weighted by molar-refractivity contribution is 7.90. The van der Waals surface area contributed by atoms with Gasteiger partial charge in [0.1, 0.15) is 5.69 Å². The molecule has 1 heterocycles. The molecule has 1 atom stereocenters. The minimum absolute atomic E-state index is 0.100. The third-order valence-electron chi connectivity index (χ3n) is 4.19. The molecule has 7 nitrogen and oxygen atoms in total. The van der Waals surface area contributed by atoms with Gasteiger partial charge in [0.25, 0.3) is 11.5 Å². The number of benzene rings is 2. The van der Waals surface area contributed by atoms with Crippen molar-refractivity contribution < 1.29 is 13.2 Å². The molecule has 0 saturated heterocycles. The van der Waals surface area contributed by atoms with Gasteiger partial charge in [-0.25, -0.2) is 8.42 Å². The van der Waals surface area contributed by atoms with Crippen LogP contribution in [-0.2, 0) is 9.84 Å². The van der Waals surface area contributed by atoms with Crippen LogP contribution < -0.4 is 10.9 Å². The Bertz CT molecular complexity index is 1150. The minimum atomic E-state index is -3.28. The number of hydrogen-bond acceptors (Lipinski definition) is 5. The molecule has 3 rings (SSSR count). The smallest absolute Gasteiger partial charge is 0.272 e. The van der Waals surface area contributed by atoms with E-state index in [0.29, 0.717) is 5.69 Å². The highest BCUT2D eigenvalue weighted by atomic mass is 32.2. The average Bonchev–Trinajstić information content (AvgIpc) is 2.68. The van der Waals surface area contributed by atoms with Gasteiger partial charge in [-0.1, -0.05) is 30.3 Å². The summed E-state index contributed by atoms with van der Waals surface area (Å²) in [7, 11) is -3.28. The predicted molar refractivity (Wildman–Crippen MR) is 105 cm³/mol. The van der Waals surface area contributed by atoms with Gasteiger partial charge in [0, 0.05) is 12.3 Å². The van der Waals surface area contributed by atoms with E-state index in [-0.39, 0.29) is 22.2 Å². The third-order valence-corrected chi connectivity index (χ3v) is 5.32. The van der Waals surface area contributed by atoms with Crippen molar-refractivity contribution in [3.05, 3.63) is 88.3 Å². The summed E-state index contributed by atoms with van der Waals surface area (Å²) >= 11 is 0. The SMILES string of the molecule is CC(NC(=O)c1ccc(=O)n(-c2ccccc2)n1)c1ccc(S(C)(=O)=O)cc1. The number of rotatable bonds is 5. The molecule has 0 fully saturated rings. The quantitative estimate of drug-likeness (QED) is 0.711. The van der Waals surface area contributed by atoms with Gasteiger partial charge < -0.3 is 5.32 Å². The molecule has 1 unspecified atom stereocenters. The van der Waals surface area contributed by atoms with Crippen LogP contribution in [0.2, 0.25) is 0 Å². The van der Waals surface area contributed by atoms with Gasteiger partial charge in [-0.2, -0.15) is 9.78 Å². The molecule has 0 saturated carbocycles. The van der Waals surface area contributed by atoms with Gasteiger partial charge in [0.2, 0.25) is 0 Å². The van der Waals surface area contributed by atoms with Crippen LogP contribution in [0.4, 0.5) is 0 Å². The zero-order valence-electron chi connectivity index (χ0n) is 15.4. The van der Waals surface area contributed by atoms with Crippen LogP contribution in [0.3, 0.4) is 0 Å². The Morgan fingerprint density at radius 3 is 2.25 bits per heavy atom. The number of carbonyl (C=O) groups excluding carboxylic acids is 1. The lowest BCUT2D eigenvalue weighted by molar-refractivity contribution is 0.0933. The first-order valence-electron chi connectivity index (χ1n) is 8.52. The van der Waals surface area contributed by atoms with Crippen molar-refractivity contribution in [1.82, 2.24) is 15.1 Å². The van der Waals surface area contributed by atoms with E-state index in [0.717, 1.165) is 11.8 Å². The van der Waals surface area contributed by atoms with E-state index in [9.17, 15) is 18.0 Å². The number of para-hydroxylation sites is 1. The fourth-order valence-corrected chi connectivity index (χ4v) is 3.27. The minimum Gasteiger partial charge on any atom is -0.344 e. The van der Waals surface area contributed by atoms with Crippen molar-refractivity contribution >= 4 is 15.7 Å². The molecule has 1 N–H and O–H groups in total. The molecular formula is C20H19N3O4S. The second kappa shape index (κ2) is 7.77. The van der Waals surface area contributed by atoms with Crippen molar-refractivity contribution in [3.63, 3.8) is 0 Å². The Morgan fingerprint density at radius 2 is 1.64 bits per heavy atom. The van der Waals surface area contributed by atoms with E-state index in [1.807, 2.05) is 6.07 Å². The van der Waals surface area contributed by atoms with Gasteiger partial charge in [-0.15, -0.1) is 0 Å². The predicted octanol–water partition coefficient (Wildman–Crippen LogP) is 2.13. The monoisotopic (exact) mass is 397 g/mol. The first-order valence-corrected chi connectivity index (χ1v) is 10.4. The number of hydrogen-bond donors (Lipinski definition) is 1. The summed E-state index contributed by atoms with van der Waals surface area (Å²) in [5.41, 5.74) is 1.07. The molecule has 1 aromatic heterocycles. The number of nitrogens with zero attached hydrogens (tertiary/aromatic N) is 2. The van der Waals surface area contributed by atoms with Crippen LogP contribution in [0, 0.1) is 0 Å². The molecule has 0 bridgehead atoms. The second-order valence-electron chi connectivity index (χ2n) is 6.34. The average molecular weight is 397 g/mol. The number of nitrogens with one attached hydrogen (secondary N) is 1. The number of aromatic nitrogens is 2. The van der Waals surface area contributed by atoms with E-state index in [1.165, 1.54) is 28.9 Å². The Morgan fingerprint density at radius 1 is 1.00 bits per heavy atom. The van der Waals surface area contributed by atoms with E-state index in [1.54, 1.807) is 43.3 Å². The molecule has 0 aliphatic carbocycles. The lowest BCUT2D eigenvalue weighted by Gasteiger charge is -2.15. The van der Waals surface area contributed by atoms with Gasteiger partial charge in [-0.3, -0.25) is 9.59 Å². The molecule has 1 amide bonds. The Balaban J connectivity index is 1.80. The second-order valence-corrected chi connectivity index (χ2v) is 8.36. The van der Waals surface area contributed by atoms with Crippen molar-refractivity contribution in [2.45, 2.75) is 17.9 Å². The number of carbonyl (C=O) groups is 1. The summed E-state index contributed by atoms with van der Waals surface area (Å²) in [5.74, 6) is -0.440. The molecule has 0 radical (unpaired) electrons. The summed E-state index contributed by atoms with van der Waals surface area (Å²) in [6, 6.07) is 17.4. The molecular weight excluding hydrogens is 378 g/mol. The Labute approximate surface area is 162 Å². The van der Waals surface area contributed by atoms with Crippen molar-refractivity contribution in [2.75, 3.05) is 6.26 Å². The number of amides is 1. The topological polar surface area (TPSA) is 98.1 Å². The van der Waals surface area contributed by atoms with Crippen molar-refractivity contribution in [2.24, 2.45) is 0 Å². The lowest BCUT2D eigenvalue weighted by Crippen LogP contribution is -2.30. The van der Waals surface area contributed by atoms with E-state index in [2.05, 4.69) is 10.4 Å². The Hall–Kier alpha value is -3.26. The van der Waals surface area contributed by atoms with Crippen molar-refractivity contribution in [1.29, 1.82) is 0 Å². The molecule has 0 aliphatic rings. The Kier molecular flexibility index (Phi) is 5.41. The molecule has 0 aliphatic heterocycles. The summed E-state index contributed by atoms with van der Waals surface area (Å²) in [5, 5.41) is 6.95. The maximum atomic E-state index is 12.6. The zero-order valence-corrected chi connectivity index (χ0v) is 16.2. The maximum absolute atomic E-state index is 12.6. The molecule has 28 heavy (non-hydrogen) atoms. The maximum Gasteiger partial charge on any atom is 0.272 e. The highest BCUT2D eigenvalue weighted by Crippen LogP contribution is 2.16. The third kappa shape index (κ3) is 4.34. The summed E-state index contributed by atoms with van der Waals surface area (Å²) in [6.45, 7) is 1.78. The summed E-state index contributed by atoms with van der Waals surface area (Å²) in [6.07, 6.45) is 1.14. The van der Waals surface area contributed by atoms with E-state index >= 15 is 0 Å². The molecule has 144 valence electrons. The fourth-order valence-electron chi connectivity index (χ4n) is 2.64. The van der Waals surface area contributed by atoms with E-state index in [4.69, 9.17) is 0 Å². The van der Waals surface area contributed by atoms with Crippen LogP contribution in [0.15, 0.2) is 76.4 Å². The van der Waals surface area contributed by atoms with Gasteiger partial charge >= 0.3 is 0 Å². The van der Waals surface area contributed by atoms with Crippen LogP contribution >= 0.6 is 0 Å². The fraction of sp³-hybridized carbons (Fsp3) is 0.150. The molecule has 0 spiro atoms. The number of sulfone groups is 1. The lowest BCUT2D eigenvalue weighted by atomic mass is 10.1. The standard InChI is InChI=1S/C20H19N3O4S/c1-14(15-8-10-17(11-9-15)28(2,26)27)21-20(25)18-12-13-19(24)23(22-18)16-6-4-3-5-7-16/h3-14H,1-2H3,(H,21,25). The van der Waals surface area contributed by atoms with Crippen LogP contribution in [0.25, 0.3) is 5.69 Å². The van der Waals surface area contributed by atoms with Gasteiger partial charge in [0.05, 0.1) is 16.6 Å². The molecule has 2 aromatic carbocycles. The van der Waals surface area contributed by atoms with Crippen LogP contribution in [0.1, 0.15) is 29.0 Å². The van der Waals surface area contributed by atoms with Crippen molar-refractivity contribution in [3.8, 4) is 5.69 Å². The largest absolute Gasteiger partial charge is 0.344 e. The van der Waals surface area contributed by atoms with Crippen LogP contribution in [0.5, 0.6) is 0 Å². The first-order chi connectivity index (χ1) is 13.3. The molecule has 8 heteroatoms. The van der Waals surface area contributed by atoms with E-state index < -0.39 is 15.7 Å². The first kappa shape index (κ1) is 19.5.